The topological polar surface area (TPSA) is 101 Å². The number of benzene rings is 2. The highest BCUT2D eigenvalue weighted by atomic mass is 35.5. The number of nitrogens with two attached hydrogens (primary N) is 1. The van der Waals surface area contributed by atoms with Crippen molar-refractivity contribution >= 4 is 40.7 Å². The van der Waals surface area contributed by atoms with Gasteiger partial charge in [-0.05, 0) is 30.3 Å². The summed E-state index contributed by atoms with van der Waals surface area (Å²) < 4.78 is 38.9. The second-order valence-corrected chi connectivity index (χ2v) is 5.45. The summed E-state index contributed by atoms with van der Waals surface area (Å²) in [6.07, 6.45) is -4.81. The van der Waals surface area contributed by atoms with E-state index in [1.54, 1.807) is 16.7 Å². The SMILES string of the molecule is Nc1ccccc1C(=O)NC(=O)C(=O)Nc1ccc(Cl)cc1C(F)(F)F. The number of amides is 3. The molecule has 0 fully saturated rings. The number of alkyl halides is 3. The lowest BCUT2D eigenvalue weighted by Crippen LogP contribution is -2.39. The van der Waals surface area contributed by atoms with E-state index in [1.807, 2.05) is 0 Å². The highest BCUT2D eigenvalue weighted by Crippen LogP contribution is 2.36. The fourth-order valence-electron chi connectivity index (χ4n) is 1.97. The zero-order chi connectivity index (χ0) is 19.5. The van der Waals surface area contributed by atoms with E-state index in [9.17, 15) is 27.6 Å². The van der Waals surface area contributed by atoms with Gasteiger partial charge >= 0.3 is 18.0 Å². The molecule has 0 aromatic heterocycles. The number of nitrogens with one attached hydrogen (secondary N) is 2. The first-order chi connectivity index (χ1) is 12.1. The van der Waals surface area contributed by atoms with Crippen LogP contribution < -0.4 is 16.4 Å². The summed E-state index contributed by atoms with van der Waals surface area (Å²) in [7, 11) is 0. The van der Waals surface area contributed by atoms with Crippen LogP contribution >= 0.6 is 11.6 Å². The fraction of sp³-hybridized carbons (Fsp3) is 0.0625. The number of hydrogen-bond acceptors (Lipinski definition) is 4. The van der Waals surface area contributed by atoms with Crippen molar-refractivity contribution in [1.82, 2.24) is 5.32 Å². The number of anilines is 2. The Balaban J connectivity index is 2.14. The minimum absolute atomic E-state index is 0.0591. The normalized spacial score (nSPS) is 10.9. The Bertz CT molecular complexity index is 885. The van der Waals surface area contributed by atoms with E-state index in [4.69, 9.17) is 17.3 Å². The quantitative estimate of drug-likeness (QED) is 0.546. The summed E-state index contributed by atoms with van der Waals surface area (Å²) in [5.41, 5.74) is 3.67. The first kappa shape index (κ1) is 19.3. The Morgan fingerprint density at radius 3 is 2.27 bits per heavy atom. The van der Waals surface area contributed by atoms with Crippen LogP contribution in [0.15, 0.2) is 42.5 Å². The lowest BCUT2D eigenvalue weighted by atomic mass is 10.1. The number of para-hydroxylation sites is 1. The van der Waals surface area contributed by atoms with E-state index in [-0.39, 0.29) is 16.3 Å². The number of imide groups is 1. The summed E-state index contributed by atoms with van der Waals surface area (Å²) in [6.45, 7) is 0. The molecule has 26 heavy (non-hydrogen) atoms. The van der Waals surface area contributed by atoms with E-state index in [0.717, 1.165) is 12.1 Å². The van der Waals surface area contributed by atoms with Crippen LogP contribution in [0, 0.1) is 0 Å². The van der Waals surface area contributed by atoms with E-state index in [2.05, 4.69) is 0 Å². The predicted molar refractivity (Wildman–Crippen MR) is 88.4 cm³/mol. The second-order valence-electron chi connectivity index (χ2n) is 5.01. The molecule has 0 bridgehead atoms. The largest absolute Gasteiger partial charge is 0.418 e. The average molecular weight is 386 g/mol. The Morgan fingerprint density at radius 1 is 1.00 bits per heavy atom. The molecule has 10 heteroatoms. The molecule has 2 aromatic rings. The van der Waals surface area contributed by atoms with Crippen molar-refractivity contribution in [3.63, 3.8) is 0 Å². The zero-order valence-corrected chi connectivity index (χ0v) is 13.6. The molecule has 0 heterocycles. The van der Waals surface area contributed by atoms with E-state index >= 15 is 0 Å². The molecule has 6 nitrogen and oxygen atoms in total. The van der Waals surface area contributed by atoms with Gasteiger partial charge in [0.2, 0.25) is 0 Å². The van der Waals surface area contributed by atoms with Gasteiger partial charge in [-0.1, -0.05) is 23.7 Å². The first-order valence-electron chi connectivity index (χ1n) is 6.97. The molecule has 0 aliphatic carbocycles. The van der Waals surface area contributed by atoms with Crippen LogP contribution in [-0.4, -0.2) is 17.7 Å². The van der Waals surface area contributed by atoms with E-state index in [1.165, 1.54) is 18.2 Å². The molecular formula is C16H11ClF3N3O3. The van der Waals surface area contributed by atoms with Gasteiger partial charge in [0.1, 0.15) is 0 Å². The summed E-state index contributed by atoms with van der Waals surface area (Å²) in [4.78, 5) is 35.5. The third kappa shape index (κ3) is 4.51. The number of carbonyl (C=O) groups excluding carboxylic acids is 3. The van der Waals surface area contributed by atoms with Gasteiger partial charge in [0.05, 0.1) is 16.8 Å². The first-order valence-corrected chi connectivity index (χ1v) is 7.35. The van der Waals surface area contributed by atoms with Crippen LogP contribution in [-0.2, 0) is 15.8 Å². The smallest absolute Gasteiger partial charge is 0.398 e. The van der Waals surface area contributed by atoms with Crippen LogP contribution in [0.2, 0.25) is 5.02 Å². The number of rotatable bonds is 2. The highest BCUT2D eigenvalue weighted by molar-refractivity contribution is 6.42. The third-order valence-electron chi connectivity index (χ3n) is 3.17. The summed E-state index contributed by atoms with van der Waals surface area (Å²) in [5.74, 6) is -3.86. The highest BCUT2D eigenvalue weighted by Gasteiger charge is 2.34. The fourth-order valence-corrected chi connectivity index (χ4v) is 2.14. The van der Waals surface area contributed by atoms with Crippen molar-refractivity contribution in [2.45, 2.75) is 6.18 Å². The van der Waals surface area contributed by atoms with E-state index < -0.39 is 35.1 Å². The van der Waals surface area contributed by atoms with Gasteiger partial charge in [-0.15, -0.1) is 0 Å². The average Bonchev–Trinajstić information content (AvgIpc) is 2.55. The third-order valence-corrected chi connectivity index (χ3v) is 3.41. The molecule has 136 valence electrons. The Hall–Kier alpha value is -3.07. The molecule has 3 amide bonds. The van der Waals surface area contributed by atoms with Crippen molar-refractivity contribution < 1.29 is 27.6 Å². The van der Waals surface area contributed by atoms with Gasteiger partial charge in [0.25, 0.3) is 5.91 Å². The molecule has 0 aliphatic rings. The van der Waals surface area contributed by atoms with Gasteiger partial charge in [0, 0.05) is 10.7 Å². The summed E-state index contributed by atoms with van der Waals surface area (Å²) in [5, 5.41) is 3.35. The van der Waals surface area contributed by atoms with Gasteiger partial charge in [-0.2, -0.15) is 13.2 Å². The number of carbonyl (C=O) groups is 3. The molecule has 0 spiro atoms. The minimum Gasteiger partial charge on any atom is -0.398 e. The Kier molecular flexibility index (Phi) is 5.51. The molecule has 0 atom stereocenters. The van der Waals surface area contributed by atoms with Crippen LogP contribution in [0.4, 0.5) is 24.5 Å². The monoisotopic (exact) mass is 385 g/mol. The van der Waals surface area contributed by atoms with Crippen molar-refractivity contribution in [3.8, 4) is 0 Å². The number of halogens is 4. The van der Waals surface area contributed by atoms with Crippen LogP contribution in [0.25, 0.3) is 0 Å². The summed E-state index contributed by atoms with van der Waals surface area (Å²) >= 11 is 5.52. The number of hydrogen-bond donors (Lipinski definition) is 3. The maximum atomic E-state index is 13.0. The lowest BCUT2D eigenvalue weighted by molar-refractivity contribution is -0.138. The van der Waals surface area contributed by atoms with Crippen molar-refractivity contribution in [1.29, 1.82) is 0 Å². The van der Waals surface area contributed by atoms with Crippen LogP contribution in [0.5, 0.6) is 0 Å². The predicted octanol–water partition coefficient (Wildman–Crippen LogP) is 2.84. The minimum atomic E-state index is -4.81. The van der Waals surface area contributed by atoms with Crippen molar-refractivity contribution in [3.05, 3.63) is 58.6 Å². The molecule has 2 rings (SSSR count). The maximum absolute atomic E-state index is 13.0. The molecule has 0 unspecified atom stereocenters. The molecule has 0 saturated carbocycles. The summed E-state index contributed by atoms with van der Waals surface area (Å²) in [6, 6.07) is 8.37. The van der Waals surface area contributed by atoms with Crippen molar-refractivity contribution in [2.75, 3.05) is 11.1 Å². The number of nitrogen functional groups attached to an aromatic ring is 1. The van der Waals surface area contributed by atoms with Crippen molar-refractivity contribution in [2.24, 2.45) is 0 Å². The van der Waals surface area contributed by atoms with Gasteiger partial charge in [-0.25, -0.2) is 0 Å². The van der Waals surface area contributed by atoms with Crippen LogP contribution in [0.3, 0.4) is 0 Å². The lowest BCUT2D eigenvalue weighted by Gasteiger charge is -2.14. The Labute approximate surface area is 150 Å². The van der Waals surface area contributed by atoms with Gasteiger partial charge < -0.3 is 11.1 Å². The van der Waals surface area contributed by atoms with Crippen LogP contribution in [0.1, 0.15) is 15.9 Å². The molecule has 0 radical (unpaired) electrons. The van der Waals surface area contributed by atoms with Gasteiger partial charge in [-0.3, -0.25) is 19.7 Å². The molecule has 0 saturated heterocycles. The van der Waals surface area contributed by atoms with E-state index in [0.29, 0.717) is 6.07 Å². The van der Waals surface area contributed by atoms with Gasteiger partial charge in [0.15, 0.2) is 0 Å². The zero-order valence-electron chi connectivity index (χ0n) is 12.9. The molecular weight excluding hydrogens is 375 g/mol. The molecule has 0 aliphatic heterocycles. The second kappa shape index (κ2) is 7.44. The Morgan fingerprint density at radius 2 is 1.65 bits per heavy atom. The molecule has 2 aromatic carbocycles. The maximum Gasteiger partial charge on any atom is 0.418 e. The standard InChI is InChI=1S/C16H11ClF3N3O3/c17-8-5-6-12(10(7-8)16(18,19)20)22-14(25)15(26)23-13(24)9-3-1-2-4-11(9)21/h1-7H,21H2,(H,22,25)(H,23,24,26). The molecule has 4 N–H and O–H groups in total.